The first-order valence-corrected chi connectivity index (χ1v) is 9.29. The van der Waals surface area contributed by atoms with Crippen LogP contribution in [-0.2, 0) is 21.8 Å². The molecule has 7 nitrogen and oxygen atoms in total. The van der Waals surface area contributed by atoms with Crippen LogP contribution in [0.2, 0.25) is 0 Å². The van der Waals surface area contributed by atoms with Gasteiger partial charge in [0.2, 0.25) is 5.88 Å². The van der Waals surface area contributed by atoms with Crippen LogP contribution in [0, 0.1) is 6.92 Å². The maximum absolute atomic E-state index is 13.1. The second-order valence-electron chi connectivity index (χ2n) is 6.43. The zero-order valence-corrected chi connectivity index (χ0v) is 17.4. The highest BCUT2D eigenvalue weighted by molar-refractivity contribution is 6.11. The van der Waals surface area contributed by atoms with Crippen molar-refractivity contribution in [3.05, 3.63) is 51.8 Å². The van der Waals surface area contributed by atoms with Gasteiger partial charge in [0.15, 0.2) is 0 Å². The quantitative estimate of drug-likeness (QED) is 0.449. The molecule has 1 aromatic carbocycles. The number of alkyl halides is 6. The van der Waals surface area contributed by atoms with Gasteiger partial charge in [-0.1, -0.05) is 0 Å². The zero-order valence-electron chi connectivity index (χ0n) is 17.4. The predicted molar refractivity (Wildman–Crippen MR) is 99.8 cm³/mol. The molecular weight excluding hydrogens is 464 g/mol. The average Bonchev–Trinajstić information content (AvgIpc) is 3.02. The van der Waals surface area contributed by atoms with E-state index in [1.807, 2.05) is 5.32 Å². The smallest absolute Gasteiger partial charge is 0.416 e. The van der Waals surface area contributed by atoms with E-state index in [1.54, 1.807) is 0 Å². The highest BCUT2D eigenvalue weighted by Gasteiger charge is 2.38. The molecule has 0 aliphatic carbocycles. The Bertz CT molecular complexity index is 1040. The number of ether oxygens (including phenoxy) is 2. The number of hydrogen-bond donors (Lipinski definition) is 1. The molecule has 0 fully saturated rings. The maximum atomic E-state index is 13.1. The van der Waals surface area contributed by atoms with Crippen LogP contribution >= 0.6 is 0 Å². The summed E-state index contributed by atoms with van der Waals surface area (Å²) in [5.74, 6) is -4.51. The first kappa shape index (κ1) is 25.7. The van der Waals surface area contributed by atoms with Gasteiger partial charge < -0.3 is 13.9 Å². The van der Waals surface area contributed by atoms with Crippen LogP contribution < -0.4 is 5.32 Å². The van der Waals surface area contributed by atoms with E-state index in [0.717, 1.165) is 0 Å². The third kappa shape index (κ3) is 5.84. The van der Waals surface area contributed by atoms with E-state index < -0.39 is 63.9 Å². The van der Waals surface area contributed by atoms with Crippen molar-refractivity contribution in [1.29, 1.82) is 0 Å². The Morgan fingerprint density at radius 3 is 1.73 bits per heavy atom. The number of carbonyl (C=O) groups is 3. The molecule has 0 saturated heterocycles. The number of carbonyl (C=O) groups excluding carboxylic acids is 3. The topological polar surface area (TPSA) is 94.8 Å². The molecule has 180 valence electrons. The molecule has 1 amide bonds. The van der Waals surface area contributed by atoms with E-state index in [1.165, 1.54) is 20.8 Å². The molecule has 0 unspecified atom stereocenters. The summed E-state index contributed by atoms with van der Waals surface area (Å²) in [5.41, 5.74) is -5.44. The molecule has 2 rings (SSSR count). The van der Waals surface area contributed by atoms with Crippen molar-refractivity contribution in [1.82, 2.24) is 0 Å². The number of esters is 2. The Hall–Kier alpha value is -3.51. The summed E-state index contributed by atoms with van der Waals surface area (Å²) in [6, 6.07) is 0.268. The number of halogens is 6. The number of benzene rings is 1. The molecule has 0 atom stereocenters. The third-order valence-electron chi connectivity index (χ3n) is 4.12. The van der Waals surface area contributed by atoms with Crippen LogP contribution in [-0.4, -0.2) is 31.1 Å². The fourth-order valence-corrected chi connectivity index (χ4v) is 2.74. The summed E-state index contributed by atoms with van der Waals surface area (Å²) in [6.45, 7) is 3.91. The molecule has 33 heavy (non-hydrogen) atoms. The Kier molecular flexibility index (Phi) is 7.45. The van der Waals surface area contributed by atoms with Crippen molar-refractivity contribution in [2.75, 3.05) is 18.5 Å². The minimum atomic E-state index is -5.18. The molecule has 0 bridgehead atoms. The molecule has 0 saturated carbocycles. The lowest BCUT2D eigenvalue weighted by Crippen LogP contribution is -2.19. The lowest BCUT2D eigenvalue weighted by Gasteiger charge is -2.14. The Morgan fingerprint density at radius 2 is 1.30 bits per heavy atom. The van der Waals surface area contributed by atoms with Crippen molar-refractivity contribution >= 4 is 23.7 Å². The van der Waals surface area contributed by atoms with Crippen LogP contribution in [0.1, 0.15) is 61.8 Å². The number of nitrogens with one attached hydrogen (secondary N) is 1. The van der Waals surface area contributed by atoms with Gasteiger partial charge in [-0.05, 0) is 39.0 Å². The molecule has 0 aliphatic heterocycles. The molecule has 13 heteroatoms. The Labute approximate surface area is 182 Å². The summed E-state index contributed by atoms with van der Waals surface area (Å²) >= 11 is 0. The Morgan fingerprint density at radius 1 is 0.848 bits per heavy atom. The summed E-state index contributed by atoms with van der Waals surface area (Å²) < 4.78 is 93.2. The number of rotatable bonds is 6. The normalized spacial score (nSPS) is 11.8. The summed E-state index contributed by atoms with van der Waals surface area (Å²) in [7, 11) is 0. The van der Waals surface area contributed by atoms with Gasteiger partial charge in [-0.2, -0.15) is 26.3 Å². The zero-order chi connectivity index (χ0) is 25.1. The molecule has 1 heterocycles. The number of aryl methyl sites for hydroxylation is 1. The van der Waals surface area contributed by atoms with Gasteiger partial charge in [-0.3, -0.25) is 10.1 Å². The molecule has 1 N–H and O–H groups in total. The van der Waals surface area contributed by atoms with Gasteiger partial charge >= 0.3 is 24.3 Å². The Balaban J connectivity index is 2.57. The molecule has 0 radical (unpaired) electrons. The monoisotopic (exact) mass is 481 g/mol. The number of amides is 1. The van der Waals surface area contributed by atoms with Gasteiger partial charge in [0.05, 0.1) is 24.3 Å². The molecule has 1 aromatic heterocycles. The van der Waals surface area contributed by atoms with Gasteiger partial charge in [0, 0.05) is 5.56 Å². The summed E-state index contributed by atoms with van der Waals surface area (Å²) in [6.07, 6.45) is -10.4. The van der Waals surface area contributed by atoms with Crippen molar-refractivity contribution in [2.45, 2.75) is 33.1 Å². The highest BCUT2D eigenvalue weighted by Crippen LogP contribution is 2.37. The van der Waals surface area contributed by atoms with Crippen molar-refractivity contribution < 1.29 is 54.6 Å². The average molecular weight is 481 g/mol. The van der Waals surface area contributed by atoms with E-state index >= 15 is 0 Å². The van der Waals surface area contributed by atoms with Crippen molar-refractivity contribution in [2.24, 2.45) is 0 Å². The second kappa shape index (κ2) is 9.55. The number of furan rings is 1. The highest BCUT2D eigenvalue weighted by atomic mass is 19.4. The second-order valence-corrected chi connectivity index (χ2v) is 6.43. The van der Waals surface area contributed by atoms with Crippen LogP contribution in [0.25, 0.3) is 0 Å². The molecular formula is C20H17F6NO6. The van der Waals surface area contributed by atoms with Crippen molar-refractivity contribution in [3.63, 3.8) is 0 Å². The van der Waals surface area contributed by atoms with E-state index in [9.17, 15) is 40.7 Å². The van der Waals surface area contributed by atoms with Crippen LogP contribution in [0.3, 0.4) is 0 Å². The predicted octanol–water partition coefficient (Wildman–Crippen LogP) is 5.23. The number of anilines is 1. The summed E-state index contributed by atoms with van der Waals surface area (Å²) in [5, 5.41) is 1.93. The minimum Gasteiger partial charge on any atom is -0.462 e. The molecule has 0 aliphatic rings. The van der Waals surface area contributed by atoms with Crippen molar-refractivity contribution in [3.8, 4) is 0 Å². The minimum absolute atomic E-state index is 0.0855. The van der Waals surface area contributed by atoms with Crippen LogP contribution in [0.15, 0.2) is 22.6 Å². The van der Waals surface area contributed by atoms with Crippen LogP contribution in [0.5, 0.6) is 0 Å². The van der Waals surface area contributed by atoms with E-state index in [0.29, 0.717) is 0 Å². The lowest BCUT2D eigenvalue weighted by atomic mass is 10.0. The van der Waals surface area contributed by atoms with Gasteiger partial charge in [-0.15, -0.1) is 0 Å². The SMILES string of the molecule is CCOC(=O)c1c(C)oc(NC(=O)c2cc(C(F)(F)F)cc(C(F)(F)F)c2)c1C(=O)OCC. The van der Waals surface area contributed by atoms with E-state index in [2.05, 4.69) is 0 Å². The standard InChI is InChI=1S/C20H17F6NO6/c1-4-31-17(29)13-9(3)33-16(14(13)18(30)32-5-2)27-15(28)10-6-11(19(21,22)23)8-12(7-10)20(24,25)26/h6-8H,4-5H2,1-3H3,(H,27,28). The third-order valence-corrected chi connectivity index (χ3v) is 4.12. The first-order valence-electron chi connectivity index (χ1n) is 9.29. The fourth-order valence-electron chi connectivity index (χ4n) is 2.74. The molecule has 0 spiro atoms. The van der Waals surface area contributed by atoms with Gasteiger partial charge in [0.1, 0.15) is 16.9 Å². The maximum Gasteiger partial charge on any atom is 0.416 e. The van der Waals surface area contributed by atoms with E-state index in [4.69, 9.17) is 13.9 Å². The fraction of sp³-hybridized carbons (Fsp3) is 0.350. The molecule has 2 aromatic rings. The van der Waals surface area contributed by atoms with E-state index in [-0.39, 0.29) is 37.2 Å². The summed E-state index contributed by atoms with van der Waals surface area (Å²) in [4.78, 5) is 37.1. The first-order chi connectivity index (χ1) is 15.2. The lowest BCUT2D eigenvalue weighted by molar-refractivity contribution is -0.143. The van der Waals surface area contributed by atoms with Crippen LogP contribution in [0.4, 0.5) is 32.2 Å². The van der Waals surface area contributed by atoms with Gasteiger partial charge in [0.25, 0.3) is 5.91 Å². The number of hydrogen-bond acceptors (Lipinski definition) is 6. The largest absolute Gasteiger partial charge is 0.462 e. The van der Waals surface area contributed by atoms with Gasteiger partial charge in [-0.25, -0.2) is 9.59 Å².